The van der Waals surface area contributed by atoms with Crippen molar-refractivity contribution in [2.45, 2.75) is 31.8 Å². The molecule has 0 unspecified atom stereocenters. The van der Waals surface area contributed by atoms with E-state index in [2.05, 4.69) is 15.6 Å². The molecule has 2 atom stereocenters. The Morgan fingerprint density at radius 2 is 1.60 bits per heavy atom. The molecule has 0 bridgehead atoms. The lowest BCUT2D eigenvalue weighted by molar-refractivity contribution is -0.145. The monoisotopic (exact) mass is 417 g/mol. The van der Waals surface area contributed by atoms with Gasteiger partial charge in [-0.3, -0.25) is 9.59 Å². The molecule has 0 saturated carbocycles. The summed E-state index contributed by atoms with van der Waals surface area (Å²) in [5, 5.41) is 5.18. The Kier molecular flexibility index (Phi) is 8.28. The molecule has 0 aliphatic carbocycles. The van der Waals surface area contributed by atoms with Crippen LogP contribution in [-0.4, -0.2) is 49.1 Å². The van der Waals surface area contributed by atoms with Crippen LogP contribution < -0.4 is 15.4 Å². The maximum Gasteiger partial charge on any atom is 0.328 e. The molecule has 2 amide bonds. The van der Waals surface area contributed by atoms with Gasteiger partial charge in [0, 0.05) is 32.0 Å². The number of nitrogens with one attached hydrogen (secondary N) is 2. The van der Waals surface area contributed by atoms with E-state index in [0.29, 0.717) is 17.0 Å². The molecular formula is C21H24FN3O5. The summed E-state index contributed by atoms with van der Waals surface area (Å²) in [4.78, 5) is 40.7. The number of hydrogen-bond donors (Lipinski definition) is 2. The van der Waals surface area contributed by atoms with Crippen molar-refractivity contribution >= 4 is 17.8 Å². The highest BCUT2D eigenvalue weighted by atomic mass is 19.1. The summed E-state index contributed by atoms with van der Waals surface area (Å²) in [6.07, 6.45) is 1.80. The first-order chi connectivity index (χ1) is 14.3. The fourth-order valence-electron chi connectivity index (χ4n) is 2.81. The SMILES string of the molecule is COC(=O)[C@@H](Cc1ccc(OC)nc1)NC(=O)[C@H](Cc1ccc(F)cc1)NC(C)=O. The molecule has 0 aliphatic heterocycles. The van der Waals surface area contributed by atoms with Crippen molar-refractivity contribution in [3.8, 4) is 5.88 Å². The lowest BCUT2D eigenvalue weighted by atomic mass is 10.0. The number of benzene rings is 1. The van der Waals surface area contributed by atoms with Crippen LogP contribution in [0.3, 0.4) is 0 Å². The van der Waals surface area contributed by atoms with Gasteiger partial charge in [-0.1, -0.05) is 18.2 Å². The number of aromatic nitrogens is 1. The number of pyridine rings is 1. The van der Waals surface area contributed by atoms with Gasteiger partial charge in [0.2, 0.25) is 17.7 Å². The molecule has 0 saturated heterocycles. The summed E-state index contributed by atoms with van der Waals surface area (Å²) in [6, 6.07) is 7.02. The maximum absolute atomic E-state index is 13.1. The van der Waals surface area contributed by atoms with Gasteiger partial charge in [0.1, 0.15) is 17.9 Å². The lowest BCUT2D eigenvalue weighted by Crippen LogP contribution is -2.53. The Morgan fingerprint density at radius 1 is 0.967 bits per heavy atom. The van der Waals surface area contributed by atoms with E-state index < -0.39 is 35.7 Å². The molecule has 2 N–H and O–H groups in total. The number of amides is 2. The highest BCUT2D eigenvalue weighted by molar-refractivity contribution is 5.90. The Bertz CT molecular complexity index is 871. The van der Waals surface area contributed by atoms with Crippen LogP contribution >= 0.6 is 0 Å². The van der Waals surface area contributed by atoms with Gasteiger partial charge >= 0.3 is 5.97 Å². The van der Waals surface area contributed by atoms with E-state index in [9.17, 15) is 18.8 Å². The molecule has 1 aromatic carbocycles. The van der Waals surface area contributed by atoms with Gasteiger partial charge in [-0.25, -0.2) is 14.2 Å². The number of carbonyl (C=O) groups excluding carboxylic acids is 3. The average molecular weight is 417 g/mol. The van der Waals surface area contributed by atoms with E-state index in [1.54, 1.807) is 12.1 Å². The minimum Gasteiger partial charge on any atom is -0.481 e. The van der Waals surface area contributed by atoms with Crippen molar-refractivity contribution in [3.63, 3.8) is 0 Å². The zero-order valence-corrected chi connectivity index (χ0v) is 17.0. The second-order valence-electron chi connectivity index (χ2n) is 6.58. The topological polar surface area (TPSA) is 107 Å². The summed E-state index contributed by atoms with van der Waals surface area (Å²) in [7, 11) is 2.71. The molecule has 2 rings (SSSR count). The van der Waals surface area contributed by atoms with E-state index >= 15 is 0 Å². The quantitative estimate of drug-likeness (QED) is 0.594. The fraction of sp³-hybridized carbons (Fsp3) is 0.333. The van der Waals surface area contributed by atoms with Gasteiger partial charge in [0.05, 0.1) is 14.2 Å². The molecular weight excluding hydrogens is 393 g/mol. The first-order valence-electron chi connectivity index (χ1n) is 9.21. The molecule has 1 aromatic heterocycles. The molecule has 1 heterocycles. The Hall–Kier alpha value is -3.49. The van der Waals surface area contributed by atoms with Crippen molar-refractivity contribution in [2.75, 3.05) is 14.2 Å². The molecule has 2 aromatic rings. The Morgan fingerprint density at radius 3 is 2.13 bits per heavy atom. The van der Waals surface area contributed by atoms with E-state index in [0.717, 1.165) is 0 Å². The van der Waals surface area contributed by atoms with Crippen LogP contribution in [0, 0.1) is 5.82 Å². The third-order valence-corrected chi connectivity index (χ3v) is 4.30. The smallest absolute Gasteiger partial charge is 0.328 e. The van der Waals surface area contributed by atoms with Crippen LogP contribution in [0.4, 0.5) is 4.39 Å². The normalized spacial score (nSPS) is 12.4. The molecule has 9 heteroatoms. The number of esters is 1. The third kappa shape index (κ3) is 6.84. The maximum atomic E-state index is 13.1. The molecule has 0 fully saturated rings. The minimum atomic E-state index is -0.984. The first kappa shape index (κ1) is 22.8. The lowest BCUT2D eigenvalue weighted by Gasteiger charge is -2.22. The second kappa shape index (κ2) is 10.9. The van der Waals surface area contributed by atoms with E-state index in [4.69, 9.17) is 9.47 Å². The Labute approximate surface area is 173 Å². The van der Waals surface area contributed by atoms with Gasteiger partial charge in [-0.05, 0) is 23.3 Å². The van der Waals surface area contributed by atoms with Crippen molar-refractivity contribution < 1.29 is 28.2 Å². The number of carbonyl (C=O) groups is 3. The number of methoxy groups -OCH3 is 2. The van der Waals surface area contributed by atoms with Gasteiger partial charge < -0.3 is 20.1 Å². The van der Waals surface area contributed by atoms with Crippen LogP contribution in [0.15, 0.2) is 42.6 Å². The van der Waals surface area contributed by atoms with Crippen LogP contribution in [-0.2, 0) is 32.0 Å². The molecule has 0 spiro atoms. The number of hydrogen-bond acceptors (Lipinski definition) is 6. The molecule has 0 radical (unpaired) electrons. The molecule has 30 heavy (non-hydrogen) atoms. The number of halogens is 1. The highest BCUT2D eigenvalue weighted by Crippen LogP contribution is 2.11. The van der Waals surface area contributed by atoms with Crippen molar-refractivity contribution in [3.05, 3.63) is 59.5 Å². The largest absolute Gasteiger partial charge is 0.481 e. The molecule has 8 nitrogen and oxygen atoms in total. The van der Waals surface area contributed by atoms with Gasteiger partial charge in [0.15, 0.2) is 0 Å². The van der Waals surface area contributed by atoms with Crippen molar-refractivity contribution in [2.24, 2.45) is 0 Å². The van der Waals surface area contributed by atoms with Gasteiger partial charge in [0.25, 0.3) is 0 Å². The predicted octanol–water partition coefficient (Wildman–Crippen LogP) is 1.18. The summed E-state index contributed by atoms with van der Waals surface area (Å²) in [6.45, 7) is 1.28. The van der Waals surface area contributed by atoms with E-state index in [1.807, 2.05) is 0 Å². The predicted molar refractivity (Wildman–Crippen MR) is 106 cm³/mol. The highest BCUT2D eigenvalue weighted by Gasteiger charge is 2.27. The van der Waals surface area contributed by atoms with Crippen LogP contribution in [0.25, 0.3) is 0 Å². The van der Waals surface area contributed by atoms with Gasteiger partial charge in [-0.15, -0.1) is 0 Å². The Balaban J connectivity index is 2.14. The fourth-order valence-corrected chi connectivity index (χ4v) is 2.81. The first-order valence-corrected chi connectivity index (χ1v) is 9.21. The van der Waals surface area contributed by atoms with Crippen molar-refractivity contribution in [1.82, 2.24) is 15.6 Å². The van der Waals surface area contributed by atoms with Crippen LogP contribution in [0.2, 0.25) is 0 Å². The summed E-state index contributed by atoms with van der Waals surface area (Å²) in [5.74, 6) is -1.60. The summed E-state index contributed by atoms with van der Waals surface area (Å²) in [5.41, 5.74) is 1.33. The zero-order valence-electron chi connectivity index (χ0n) is 17.0. The van der Waals surface area contributed by atoms with Crippen LogP contribution in [0.5, 0.6) is 5.88 Å². The molecule has 160 valence electrons. The van der Waals surface area contributed by atoms with Crippen LogP contribution in [0.1, 0.15) is 18.1 Å². The number of rotatable bonds is 9. The van der Waals surface area contributed by atoms with E-state index in [-0.39, 0.29) is 12.8 Å². The minimum absolute atomic E-state index is 0.129. The summed E-state index contributed by atoms with van der Waals surface area (Å²) >= 11 is 0. The van der Waals surface area contributed by atoms with Crippen molar-refractivity contribution in [1.29, 1.82) is 0 Å². The van der Waals surface area contributed by atoms with E-state index in [1.165, 1.54) is 51.6 Å². The third-order valence-electron chi connectivity index (χ3n) is 4.30. The molecule has 0 aliphatic rings. The second-order valence-corrected chi connectivity index (χ2v) is 6.58. The standard InChI is InChI=1S/C21H24FN3O5/c1-13(26)24-17(10-14-4-7-16(22)8-5-14)20(27)25-18(21(28)30-3)11-15-6-9-19(29-2)23-12-15/h4-9,12,17-18H,10-11H2,1-3H3,(H,24,26)(H,25,27)/t17-,18+/m0/s1. The number of ether oxygens (including phenoxy) is 2. The zero-order chi connectivity index (χ0) is 22.1. The number of nitrogens with zero attached hydrogens (tertiary/aromatic N) is 1. The summed E-state index contributed by atoms with van der Waals surface area (Å²) < 4.78 is 22.9. The average Bonchev–Trinajstić information content (AvgIpc) is 2.73. The van der Waals surface area contributed by atoms with Gasteiger partial charge in [-0.2, -0.15) is 0 Å².